The minimum Gasteiger partial charge on any atom is -0.344 e. The highest BCUT2D eigenvalue weighted by molar-refractivity contribution is 7.89. The van der Waals surface area contributed by atoms with Gasteiger partial charge in [-0.05, 0) is 95.4 Å². The molecule has 0 spiro atoms. The molecule has 0 unspecified atom stereocenters. The Morgan fingerprint density at radius 3 is 1.21 bits per heavy atom. The number of hydrogen-bond acceptors (Lipinski definition) is 9. The Hall–Kier alpha value is -3.75. The molecule has 0 amide bonds. The summed E-state index contributed by atoms with van der Waals surface area (Å²) in [7, 11) is -12.0. The van der Waals surface area contributed by atoms with E-state index < -0.39 is 40.1 Å². The van der Waals surface area contributed by atoms with Crippen molar-refractivity contribution < 1.29 is 38.5 Å². The summed E-state index contributed by atoms with van der Waals surface area (Å²) >= 11 is 0. The third kappa shape index (κ3) is 27.0. The maximum atomic E-state index is 11.0. The van der Waals surface area contributed by atoms with Crippen LogP contribution in [0.1, 0.15) is 104 Å². The van der Waals surface area contributed by atoms with Crippen molar-refractivity contribution in [3.63, 3.8) is 0 Å². The molecule has 0 fully saturated rings. The van der Waals surface area contributed by atoms with E-state index in [9.17, 15) is 38.5 Å². The van der Waals surface area contributed by atoms with Crippen LogP contribution in [-0.2, 0) is 85.0 Å². The normalized spacial score (nSPS) is 11.9. The van der Waals surface area contributed by atoms with Crippen molar-refractivity contribution in [3.8, 4) is 0 Å². The number of aromatic nitrogens is 1. The third-order valence-corrected chi connectivity index (χ3v) is 11.9. The van der Waals surface area contributed by atoms with Crippen LogP contribution in [0.15, 0.2) is 84.9 Å². The largest absolute Gasteiger partial charge is 0.344 e. The number of sulfonamides is 4. The van der Waals surface area contributed by atoms with Gasteiger partial charge in [-0.1, -0.05) is 114 Å². The predicted octanol–water partition coefficient (Wildman–Crippen LogP) is 5.09. The molecule has 4 rings (SSSR count). The van der Waals surface area contributed by atoms with E-state index in [4.69, 9.17) is 20.6 Å². The van der Waals surface area contributed by atoms with E-state index in [-0.39, 0.29) is 28.8 Å². The first-order chi connectivity index (χ1) is 27.9. The van der Waals surface area contributed by atoms with E-state index in [2.05, 4.69) is 65.8 Å². The molecule has 0 aliphatic heterocycles. The topological polar surface area (TPSA) is 263 Å². The fourth-order valence-electron chi connectivity index (χ4n) is 5.77. The van der Waals surface area contributed by atoms with Gasteiger partial charge in [-0.2, -0.15) is 0 Å². The Bertz CT molecular complexity index is 2330. The van der Waals surface area contributed by atoms with Gasteiger partial charge in [0.05, 0.1) is 23.0 Å². The zero-order valence-electron chi connectivity index (χ0n) is 36.7. The Labute approximate surface area is 365 Å². The summed E-state index contributed by atoms with van der Waals surface area (Å²) in [6, 6.07) is 27.3. The minimum absolute atomic E-state index is 0.00848. The molecular weight excluding hydrogens is 859 g/mol. The molecule has 0 atom stereocenters. The molecule has 0 aliphatic carbocycles. The lowest BCUT2D eigenvalue weighted by Crippen LogP contribution is -2.18. The fraction of sp³-hybridized carbons (Fsp3) is 0.465. The van der Waals surface area contributed by atoms with E-state index >= 15 is 0 Å². The average Bonchev–Trinajstić information content (AvgIpc) is 3.48. The molecule has 0 saturated heterocycles. The summed E-state index contributed by atoms with van der Waals surface area (Å²) in [4.78, 5) is 11.0. The van der Waals surface area contributed by atoms with Gasteiger partial charge in [-0.15, -0.1) is 0 Å². The number of Topliss-reactive ketones (excluding diaryl/α,β-unsaturated/α-hetero) is 1. The molecule has 0 saturated carbocycles. The minimum atomic E-state index is -3.54. The van der Waals surface area contributed by atoms with Gasteiger partial charge >= 0.3 is 0 Å². The lowest BCUT2D eigenvalue weighted by Gasteiger charge is -2.07. The summed E-state index contributed by atoms with van der Waals surface area (Å²) in [5.41, 5.74) is 7.84. The highest BCUT2D eigenvalue weighted by atomic mass is 32.2. The average molecular weight is 926 g/mol. The summed E-state index contributed by atoms with van der Waals surface area (Å²) in [5.74, 6) is 1.40. The number of ketones is 1. The van der Waals surface area contributed by atoms with Crippen LogP contribution in [0, 0.1) is 11.8 Å². The second-order valence-corrected chi connectivity index (χ2v) is 23.0. The van der Waals surface area contributed by atoms with Crippen molar-refractivity contribution in [2.75, 3.05) is 17.3 Å². The van der Waals surface area contributed by atoms with E-state index in [0.29, 0.717) is 48.4 Å². The van der Waals surface area contributed by atoms with Crippen molar-refractivity contribution in [1.82, 2.24) is 4.57 Å². The number of rotatable bonds is 17. The molecular formula is C43H67N5O9S4. The van der Waals surface area contributed by atoms with Gasteiger partial charge < -0.3 is 4.57 Å². The quantitative estimate of drug-likeness (QED) is 0.103. The second-order valence-electron chi connectivity index (χ2n) is 16.2. The van der Waals surface area contributed by atoms with E-state index in [1.54, 1.807) is 19.2 Å². The Morgan fingerprint density at radius 1 is 0.525 bits per heavy atom. The molecule has 4 aromatic rings. The number of nitrogens with zero attached hydrogens (tertiary/aromatic N) is 1. The number of carbonyl (C=O) groups is 1. The first kappa shape index (κ1) is 55.3. The standard InChI is InChI=1S/2C12H19NO2S.C11H17NO2S.C8H12N2O3S/c2*1-10(2)9-12-5-3-11(4-6-12)7-8-16(13,14)15;1-9(2)11-5-3-4-10(8-11)6-7-15(12,13)14;1-6(11)8-4-3-7(10(8)2)5-14(9,12)13/h2*3-6,10H,7-9H2,1-2H3,(H2,13,14,15);3-5,8-9H,6-7H2,1-2H3,(H2,12,13,14);3-4H,5H2,1-2H3,(H2,9,12,13). The number of primary sulfonamides is 4. The SMILES string of the molecule is CC(=O)c1ccc(CS(N)(=O)=O)n1C.CC(C)Cc1ccc(CCS(N)(=O)=O)cc1.CC(C)Cc1ccc(CCS(N)(=O)=O)cc1.CC(C)c1cccc(CCS(N)(=O)=O)c1. The number of aryl methyl sites for hydroxylation is 3. The van der Waals surface area contributed by atoms with Crippen molar-refractivity contribution in [1.29, 1.82) is 0 Å². The number of benzene rings is 3. The van der Waals surface area contributed by atoms with Crippen LogP contribution < -0.4 is 20.6 Å². The Balaban J connectivity index is 0.000000407. The summed E-state index contributed by atoms with van der Waals surface area (Å²) in [6.45, 7) is 14.3. The van der Waals surface area contributed by atoms with Crippen molar-refractivity contribution in [2.45, 2.75) is 92.2 Å². The number of nitrogens with two attached hydrogens (primary N) is 4. The molecule has 1 aromatic heterocycles. The molecule has 3 aromatic carbocycles. The van der Waals surface area contributed by atoms with Crippen LogP contribution in [0.2, 0.25) is 0 Å². The monoisotopic (exact) mass is 925 g/mol. The van der Waals surface area contributed by atoms with Crippen molar-refractivity contribution >= 4 is 45.9 Å². The van der Waals surface area contributed by atoms with Crippen LogP contribution in [0.25, 0.3) is 0 Å². The molecule has 0 radical (unpaired) electrons. The Kier molecular flexibility index (Phi) is 23.0. The summed E-state index contributed by atoms with van der Waals surface area (Å²) < 4.78 is 87.9. The molecule has 0 aliphatic rings. The molecule has 18 heteroatoms. The predicted molar refractivity (Wildman–Crippen MR) is 248 cm³/mol. The van der Waals surface area contributed by atoms with Crippen LogP contribution in [-0.4, -0.2) is 61.3 Å². The first-order valence-corrected chi connectivity index (χ1v) is 26.7. The summed E-state index contributed by atoms with van der Waals surface area (Å²) in [5, 5.41) is 19.8. The fourth-order valence-corrected chi connectivity index (χ4v) is 8.04. The van der Waals surface area contributed by atoms with Gasteiger partial charge in [0, 0.05) is 19.7 Å². The van der Waals surface area contributed by atoms with Crippen molar-refractivity contribution in [3.05, 3.63) is 130 Å². The molecule has 61 heavy (non-hydrogen) atoms. The van der Waals surface area contributed by atoms with E-state index in [0.717, 1.165) is 29.5 Å². The first-order valence-electron chi connectivity index (χ1n) is 19.8. The van der Waals surface area contributed by atoms with Gasteiger partial charge in [0.2, 0.25) is 40.1 Å². The molecule has 8 N–H and O–H groups in total. The highest BCUT2D eigenvalue weighted by Crippen LogP contribution is 2.16. The number of hydrogen-bond donors (Lipinski definition) is 4. The Morgan fingerprint density at radius 2 is 0.902 bits per heavy atom. The van der Waals surface area contributed by atoms with Gasteiger partial charge in [0.25, 0.3) is 0 Å². The molecule has 342 valence electrons. The molecule has 0 bridgehead atoms. The summed E-state index contributed by atoms with van der Waals surface area (Å²) in [6.07, 6.45) is 3.56. The lowest BCUT2D eigenvalue weighted by atomic mass is 10.0. The van der Waals surface area contributed by atoms with Gasteiger partial charge in [-0.3, -0.25) is 4.79 Å². The van der Waals surface area contributed by atoms with Crippen LogP contribution in [0.4, 0.5) is 0 Å². The third-order valence-electron chi connectivity index (χ3n) is 8.91. The zero-order chi connectivity index (χ0) is 46.8. The van der Waals surface area contributed by atoms with Crippen LogP contribution in [0.3, 0.4) is 0 Å². The maximum absolute atomic E-state index is 11.0. The van der Waals surface area contributed by atoms with Crippen LogP contribution in [0.5, 0.6) is 0 Å². The van der Waals surface area contributed by atoms with Crippen LogP contribution >= 0.6 is 0 Å². The van der Waals surface area contributed by atoms with Gasteiger partial charge in [0.15, 0.2) is 5.78 Å². The van der Waals surface area contributed by atoms with Crippen molar-refractivity contribution in [2.24, 2.45) is 39.4 Å². The van der Waals surface area contributed by atoms with Gasteiger partial charge in [-0.25, -0.2) is 54.2 Å². The molecule has 14 nitrogen and oxygen atoms in total. The maximum Gasteiger partial charge on any atom is 0.214 e. The lowest BCUT2D eigenvalue weighted by molar-refractivity contribution is 0.100. The number of carbonyl (C=O) groups excluding carboxylic acids is 1. The molecule has 1 heterocycles. The highest BCUT2D eigenvalue weighted by Gasteiger charge is 2.13. The van der Waals surface area contributed by atoms with E-state index in [1.807, 2.05) is 48.5 Å². The smallest absolute Gasteiger partial charge is 0.214 e. The second kappa shape index (κ2) is 25.4. The van der Waals surface area contributed by atoms with E-state index in [1.165, 1.54) is 28.2 Å². The van der Waals surface area contributed by atoms with Gasteiger partial charge in [0.1, 0.15) is 5.75 Å². The zero-order valence-corrected chi connectivity index (χ0v) is 40.0.